The fourth-order valence-corrected chi connectivity index (χ4v) is 1.18. The third-order valence-electron chi connectivity index (χ3n) is 1.31. The molecule has 0 aliphatic carbocycles. The van der Waals surface area contributed by atoms with Crippen molar-refractivity contribution >= 4 is 27.9 Å². The zero-order chi connectivity index (χ0) is 9.84. The standard InChI is InChI=1S/C8H3BrFNO2/c9-7-2-1-5(10)3-6(7)8(13)11-4-12/h1-3H. The lowest BCUT2D eigenvalue weighted by molar-refractivity contribution is 0.100. The predicted octanol–water partition coefficient (Wildman–Crippen LogP) is 2.06. The molecule has 0 aliphatic rings. The number of halogens is 2. The summed E-state index contributed by atoms with van der Waals surface area (Å²) in [5, 5.41) is 0. The van der Waals surface area contributed by atoms with Crippen molar-refractivity contribution < 1.29 is 14.0 Å². The monoisotopic (exact) mass is 243 g/mol. The second kappa shape index (κ2) is 4.07. The van der Waals surface area contributed by atoms with Crippen molar-refractivity contribution in [3.8, 4) is 0 Å². The second-order valence-electron chi connectivity index (χ2n) is 2.13. The van der Waals surface area contributed by atoms with E-state index in [0.717, 1.165) is 12.1 Å². The summed E-state index contributed by atoms with van der Waals surface area (Å²) in [6.07, 6.45) is 1.09. The predicted molar refractivity (Wildman–Crippen MR) is 46.6 cm³/mol. The molecule has 0 spiro atoms. The third-order valence-corrected chi connectivity index (χ3v) is 2.00. The van der Waals surface area contributed by atoms with Crippen molar-refractivity contribution in [1.29, 1.82) is 0 Å². The van der Waals surface area contributed by atoms with E-state index < -0.39 is 11.7 Å². The number of benzene rings is 1. The van der Waals surface area contributed by atoms with E-state index in [1.165, 1.54) is 12.1 Å². The van der Waals surface area contributed by atoms with Crippen LogP contribution in [0.3, 0.4) is 0 Å². The van der Waals surface area contributed by atoms with Crippen LogP contribution in [-0.2, 0) is 4.79 Å². The highest BCUT2D eigenvalue weighted by Gasteiger charge is 2.09. The Balaban J connectivity index is 3.20. The molecule has 0 atom stereocenters. The van der Waals surface area contributed by atoms with E-state index in [9.17, 15) is 14.0 Å². The molecule has 0 radical (unpaired) electrons. The van der Waals surface area contributed by atoms with Crippen molar-refractivity contribution in [2.24, 2.45) is 4.99 Å². The van der Waals surface area contributed by atoms with Gasteiger partial charge >= 0.3 is 0 Å². The number of nitrogens with zero attached hydrogens (tertiary/aromatic N) is 1. The van der Waals surface area contributed by atoms with Crippen LogP contribution in [0.5, 0.6) is 0 Å². The van der Waals surface area contributed by atoms with Crippen molar-refractivity contribution in [1.82, 2.24) is 0 Å². The van der Waals surface area contributed by atoms with Crippen LogP contribution in [0.25, 0.3) is 0 Å². The highest BCUT2D eigenvalue weighted by atomic mass is 79.9. The van der Waals surface area contributed by atoms with Gasteiger partial charge in [0.15, 0.2) is 0 Å². The third kappa shape index (κ3) is 2.31. The molecule has 0 N–H and O–H groups in total. The molecule has 1 rings (SSSR count). The lowest BCUT2D eigenvalue weighted by Gasteiger charge is -1.97. The average Bonchev–Trinajstić information content (AvgIpc) is 2.09. The molecule has 0 aromatic heterocycles. The smallest absolute Gasteiger partial charge is 0.266 e. The van der Waals surface area contributed by atoms with E-state index in [2.05, 4.69) is 20.9 Å². The Kier molecular flexibility index (Phi) is 3.06. The molecule has 66 valence electrons. The van der Waals surface area contributed by atoms with Gasteiger partial charge in [-0.05, 0) is 34.1 Å². The molecule has 0 aliphatic heterocycles. The van der Waals surface area contributed by atoms with Crippen LogP contribution in [0.2, 0.25) is 0 Å². The summed E-state index contributed by atoms with van der Waals surface area (Å²) < 4.78 is 13.0. The van der Waals surface area contributed by atoms with Gasteiger partial charge in [0, 0.05) is 4.47 Å². The van der Waals surface area contributed by atoms with Gasteiger partial charge in [0.1, 0.15) is 5.82 Å². The van der Waals surface area contributed by atoms with Gasteiger partial charge in [-0.1, -0.05) is 0 Å². The SMILES string of the molecule is O=C=NC(=O)c1cc(F)ccc1Br. The Labute approximate surface area is 81.4 Å². The number of carbonyl (C=O) groups excluding carboxylic acids is 2. The lowest BCUT2D eigenvalue weighted by Crippen LogP contribution is -1.96. The topological polar surface area (TPSA) is 46.5 Å². The molecular formula is C8H3BrFNO2. The normalized spacial score (nSPS) is 9.08. The number of hydrogen-bond donors (Lipinski definition) is 0. The maximum Gasteiger partial charge on any atom is 0.288 e. The molecule has 1 aromatic rings. The summed E-state index contributed by atoms with van der Waals surface area (Å²) in [7, 11) is 0. The number of aliphatic imine (C=N–C) groups is 1. The first-order valence-corrected chi connectivity index (χ1v) is 4.01. The lowest BCUT2D eigenvalue weighted by atomic mass is 10.2. The van der Waals surface area contributed by atoms with E-state index >= 15 is 0 Å². The van der Waals surface area contributed by atoms with Gasteiger partial charge < -0.3 is 0 Å². The molecule has 0 fully saturated rings. The highest BCUT2D eigenvalue weighted by Crippen LogP contribution is 2.18. The van der Waals surface area contributed by atoms with Gasteiger partial charge in [-0.3, -0.25) is 4.79 Å². The molecule has 5 heteroatoms. The van der Waals surface area contributed by atoms with Crippen LogP contribution in [0, 0.1) is 5.82 Å². The van der Waals surface area contributed by atoms with Crippen LogP contribution >= 0.6 is 15.9 Å². The fraction of sp³-hybridized carbons (Fsp3) is 0. The van der Waals surface area contributed by atoms with Crippen molar-refractivity contribution in [2.75, 3.05) is 0 Å². The Morgan fingerprint density at radius 3 is 2.85 bits per heavy atom. The minimum Gasteiger partial charge on any atom is -0.266 e. The van der Waals surface area contributed by atoms with E-state index in [1.807, 2.05) is 0 Å². The minimum absolute atomic E-state index is 0.00310. The van der Waals surface area contributed by atoms with Gasteiger partial charge in [0.2, 0.25) is 6.08 Å². The molecule has 0 bridgehead atoms. The van der Waals surface area contributed by atoms with Gasteiger partial charge in [0.05, 0.1) is 5.56 Å². The summed E-state index contributed by atoms with van der Waals surface area (Å²) >= 11 is 3.02. The summed E-state index contributed by atoms with van der Waals surface area (Å²) in [4.78, 5) is 23.6. The average molecular weight is 244 g/mol. The first-order chi connectivity index (χ1) is 6.15. The molecule has 0 unspecified atom stereocenters. The van der Waals surface area contributed by atoms with E-state index in [-0.39, 0.29) is 5.56 Å². The highest BCUT2D eigenvalue weighted by molar-refractivity contribution is 9.10. The molecule has 0 saturated carbocycles. The minimum atomic E-state index is -0.818. The van der Waals surface area contributed by atoms with Crippen molar-refractivity contribution in [3.05, 3.63) is 34.1 Å². The zero-order valence-corrected chi connectivity index (χ0v) is 7.84. The van der Waals surface area contributed by atoms with Crippen LogP contribution in [0.1, 0.15) is 10.4 Å². The van der Waals surface area contributed by atoms with Crippen LogP contribution < -0.4 is 0 Å². The summed E-state index contributed by atoms with van der Waals surface area (Å²) in [6.45, 7) is 0. The van der Waals surface area contributed by atoms with Gasteiger partial charge in [0.25, 0.3) is 5.91 Å². The zero-order valence-electron chi connectivity index (χ0n) is 6.25. The number of isocyanates is 1. The molecule has 3 nitrogen and oxygen atoms in total. The maximum absolute atomic E-state index is 12.6. The Hall–Kier alpha value is -1.32. The number of carbonyl (C=O) groups is 1. The Morgan fingerprint density at radius 2 is 2.23 bits per heavy atom. The number of rotatable bonds is 1. The number of hydrogen-bond acceptors (Lipinski definition) is 2. The molecule has 1 amide bonds. The maximum atomic E-state index is 12.6. The second-order valence-corrected chi connectivity index (χ2v) is 2.99. The molecule has 0 saturated heterocycles. The summed E-state index contributed by atoms with van der Waals surface area (Å²) in [6, 6.07) is 3.54. The first-order valence-electron chi connectivity index (χ1n) is 3.22. The Morgan fingerprint density at radius 1 is 1.54 bits per heavy atom. The summed E-state index contributed by atoms with van der Waals surface area (Å²) in [5.74, 6) is -1.38. The largest absolute Gasteiger partial charge is 0.288 e. The van der Waals surface area contributed by atoms with Gasteiger partial charge in [-0.15, -0.1) is 4.99 Å². The van der Waals surface area contributed by atoms with Gasteiger partial charge in [-0.2, -0.15) is 0 Å². The Bertz CT molecular complexity index is 399. The number of amides is 1. The fourth-order valence-electron chi connectivity index (χ4n) is 0.763. The van der Waals surface area contributed by atoms with Crippen molar-refractivity contribution in [2.45, 2.75) is 0 Å². The van der Waals surface area contributed by atoms with Crippen LogP contribution in [0.4, 0.5) is 4.39 Å². The molecule has 0 heterocycles. The van der Waals surface area contributed by atoms with E-state index in [4.69, 9.17) is 0 Å². The summed E-state index contributed by atoms with van der Waals surface area (Å²) in [5.41, 5.74) is 0.00310. The quantitative estimate of drug-likeness (QED) is 0.560. The van der Waals surface area contributed by atoms with Crippen LogP contribution in [0.15, 0.2) is 27.7 Å². The molecule has 13 heavy (non-hydrogen) atoms. The van der Waals surface area contributed by atoms with E-state index in [0.29, 0.717) is 4.47 Å². The van der Waals surface area contributed by atoms with Crippen LogP contribution in [-0.4, -0.2) is 12.0 Å². The first kappa shape index (κ1) is 9.77. The van der Waals surface area contributed by atoms with E-state index in [1.54, 1.807) is 0 Å². The molecule has 1 aromatic carbocycles. The van der Waals surface area contributed by atoms with Gasteiger partial charge in [-0.25, -0.2) is 9.18 Å². The molecular weight excluding hydrogens is 241 g/mol. The van der Waals surface area contributed by atoms with Crippen molar-refractivity contribution in [3.63, 3.8) is 0 Å².